The standard InChI is InChI=1S/C20H39N3O5S/c1-7-27-20(24)23-15(4)12-18(21-29(25,26)22(5)6)19(23)13-28-17-10-8-16(9-11-17)14(2)3/h14-19,21H,7-13H2,1-6H3/t15-,16?,17?,18+,19+/m1/s1. The second-order valence-electron chi connectivity index (χ2n) is 8.88. The zero-order valence-corrected chi connectivity index (χ0v) is 19.6. The first-order valence-corrected chi connectivity index (χ1v) is 12.3. The summed E-state index contributed by atoms with van der Waals surface area (Å²) in [6.07, 6.45) is 4.61. The van der Waals surface area contributed by atoms with Crippen LogP contribution in [0.2, 0.25) is 0 Å². The summed E-state index contributed by atoms with van der Waals surface area (Å²) >= 11 is 0. The van der Waals surface area contributed by atoms with Crippen molar-refractivity contribution in [3.8, 4) is 0 Å². The molecule has 1 saturated heterocycles. The fourth-order valence-corrected chi connectivity index (χ4v) is 5.30. The van der Waals surface area contributed by atoms with Crippen LogP contribution in [-0.2, 0) is 19.7 Å². The van der Waals surface area contributed by atoms with Gasteiger partial charge in [-0.05, 0) is 57.8 Å². The summed E-state index contributed by atoms with van der Waals surface area (Å²) in [4.78, 5) is 14.2. The quantitative estimate of drug-likeness (QED) is 0.636. The Hall–Kier alpha value is -0.900. The Labute approximate surface area is 176 Å². The highest BCUT2D eigenvalue weighted by atomic mass is 32.2. The van der Waals surface area contributed by atoms with Crippen molar-refractivity contribution >= 4 is 16.3 Å². The molecule has 8 nitrogen and oxygen atoms in total. The van der Waals surface area contributed by atoms with E-state index in [-0.39, 0.29) is 24.8 Å². The largest absolute Gasteiger partial charge is 0.450 e. The lowest BCUT2D eigenvalue weighted by atomic mass is 9.80. The highest BCUT2D eigenvalue weighted by Gasteiger charge is 2.45. The third-order valence-electron chi connectivity index (χ3n) is 6.32. The molecule has 0 radical (unpaired) electrons. The Morgan fingerprint density at radius 2 is 1.83 bits per heavy atom. The molecule has 2 fully saturated rings. The Bertz CT molecular complexity index is 632. The van der Waals surface area contributed by atoms with Crippen LogP contribution in [0.3, 0.4) is 0 Å². The fourth-order valence-electron chi connectivity index (χ4n) is 4.45. The molecule has 0 unspecified atom stereocenters. The molecule has 3 atom stereocenters. The molecule has 9 heteroatoms. The number of rotatable bonds is 8. The van der Waals surface area contributed by atoms with Crippen molar-refractivity contribution in [3.63, 3.8) is 0 Å². The first kappa shape index (κ1) is 24.4. The zero-order chi connectivity index (χ0) is 21.8. The van der Waals surface area contributed by atoms with Gasteiger partial charge in [-0.2, -0.15) is 17.4 Å². The van der Waals surface area contributed by atoms with Gasteiger partial charge < -0.3 is 9.47 Å². The number of carbonyl (C=O) groups excluding carboxylic acids is 1. The Balaban J connectivity index is 2.07. The van der Waals surface area contributed by atoms with E-state index in [0.717, 1.165) is 35.9 Å². The minimum atomic E-state index is -3.61. The van der Waals surface area contributed by atoms with Crippen molar-refractivity contribution in [2.75, 3.05) is 27.3 Å². The van der Waals surface area contributed by atoms with E-state index < -0.39 is 22.3 Å². The van der Waals surface area contributed by atoms with Gasteiger partial charge in [-0.15, -0.1) is 0 Å². The van der Waals surface area contributed by atoms with Crippen LogP contribution in [0.4, 0.5) is 4.79 Å². The summed E-state index contributed by atoms with van der Waals surface area (Å²) in [6, 6.07) is -0.926. The third kappa shape index (κ3) is 6.29. The predicted molar refractivity (Wildman–Crippen MR) is 113 cm³/mol. The van der Waals surface area contributed by atoms with Gasteiger partial charge >= 0.3 is 6.09 Å². The van der Waals surface area contributed by atoms with E-state index >= 15 is 0 Å². The monoisotopic (exact) mass is 433 g/mol. The smallest absolute Gasteiger partial charge is 0.410 e. The topological polar surface area (TPSA) is 88.2 Å². The molecule has 1 amide bonds. The SMILES string of the molecule is CCOC(=O)N1[C@H](C)C[C@H](NS(=O)(=O)N(C)C)[C@@H]1COC1CCC(C(C)C)CC1. The highest BCUT2D eigenvalue weighted by Crippen LogP contribution is 2.32. The summed E-state index contributed by atoms with van der Waals surface area (Å²) in [7, 11) is -0.633. The van der Waals surface area contributed by atoms with Gasteiger partial charge in [0.1, 0.15) is 0 Å². The second-order valence-corrected chi connectivity index (χ2v) is 10.8. The number of nitrogens with zero attached hydrogens (tertiary/aromatic N) is 2. The molecule has 0 aromatic rings. The summed E-state index contributed by atoms with van der Waals surface area (Å²) in [6.45, 7) is 8.81. The highest BCUT2D eigenvalue weighted by molar-refractivity contribution is 7.87. The van der Waals surface area contributed by atoms with Crippen LogP contribution in [0, 0.1) is 11.8 Å². The van der Waals surface area contributed by atoms with Crippen LogP contribution in [-0.4, -0.2) is 75.3 Å². The Kier molecular flexibility index (Phi) is 8.75. The number of carbonyl (C=O) groups is 1. The third-order valence-corrected chi connectivity index (χ3v) is 7.88. The molecule has 0 aromatic heterocycles. The number of hydrogen-bond acceptors (Lipinski definition) is 5. The maximum absolute atomic E-state index is 12.5. The van der Waals surface area contributed by atoms with Crippen molar-refractivity contribution in [1.82, 2.24) is 13.9 Å². The molecule has 1 heterocycles. The summed E-state index contributed by atoms with van der Waals surface area (Å²) in [5.41, 5.74) is 0. The van der Waals surface area contributed by atoms with Crippen molar-refractivity contribution in [2.45, 2.75) is 84.0 Å². The number of hydrogen-bond donors (Lipinski definition) is 1. The molecule has 170 valence electrons. The number of amides is 1. The fraction of sp³-hybridized carbons (Fsp3) is 0.950. The van der Waals surface area contributed by atoms with Crippen LogP contribution in [0.1, 0.15) is 59.8 Å². The number of ether oxygens (including phenoxy) is 2. The van der Waals surface area contributed by atoms with Gasteiger partial charge in [-0.25, -0.2) is 4.79 Å². The van der Waals surface area contributed by atoms with Crippen molar-refractivity contribution in [1.29, 1.82) is 0 Å². The Morgan fingerprint density at radius 1 is 1.21 bits per heavy atom. The molecular weight excluding hydrogens is 394 g/mol. The molecular formula is C20H39N3O5S. The predicted octanol–water partition coefficient (Wildman–Crippen LogP) is 2.60. The average molecular weight is 434 g/mol. The molecule has 2 rings (SSSR count). The number of nitrogens with one attached hydrogen (secondary N) is 1. The van der Waals surface area contributed by atoms with Crippen molar-refractivity contribution in [3.05, 3.63) is 0 Å². The molecule has 2 aliphatic rings. The number of likely N-dealkylation sites (tertiary alicyclic amines) is 1. The van der Waals surface area contributed by atoms with Crippen LogP contribution in [0.5, 0.6) is 0 Å². The Morgan fingerprint density at radius 3 is 2.34 bits per heavy atom. The molecule has 0 spiro atoms. The van der Waals surface area contributed by atoms with Gasteiger partial charge in [-0.1, -0.05) is 13.8 Å². The van der Waals surface area contributed by atoms with Gasteiger partial charge in [0.25, 0.3) is 10.2 Å². The minimum absolute atomic E-state index is 0.130. The maximum Gasteiger partial charge on any atom is 0.410 e. The van der Waals surface area contributed by atoms with Gasteiger partial charge in [0.15, 0.2) is 0 Å². The second kappa shape index (κ2) is 10.4. The lowest BCUT2D eigenvalue weighted by molar-refractivity contribution is -0.0172. The van der Waals surface area contributed by atoms with Crippen LogP contribution < -0.4 is 4.72 Å². The van der Waals surface area contributed by atoms with Crippen LogP contribution in [0.15, 0.2) is 0 Å². The first-order valence-electron chi connectivity index (χ1n) is 10.8. The van der Waals surface area contributed by atoms with Crippen LogP contribution in [0.25, 0.3) is 0 Å². The zero-order valence-electron chi connectivity index (χ0n) is 18.8. The van der Waals surface area contributed by atoms with E-state index in [2.05, 4.69) is 18.6 Å². The lowest BCUT2D eigenvalue weighted by Gasteiger charge is -2.34. The molecule has 1 aliphatic carbocycles. The molecule has 1 N–H and O–H groups in total. The van der Waals surface area contributed by atoms with Crippen molar-refractivity contribution in [2.24, 2.45) is 11.8 Å². The molecule has 0 bridgehead atoms. The van der Waals surface area contributed by atoms with Gasteiger partial charge in [0, 0.05) is 26.2 Å². The maximum atomic E-state index is 12.5. The molecule has 0 aromatic carbocycles. The van der Waals surface area contributed by atoms with Gasteiger partial charge in [0.2, 0.25) is 0 Å². The average Bonchev–Trinajstić information content (AvgIpc) is 2.94. The normalized spacial score (nSPS) is 30.9. The van der Waals surface area contributed by atoms with Crippen LogP contribution >= 0.6 is 0 Å². The van der Waals surface area contributed by atoms with Gasteiger partial charge in [0.05, 0.1) is 25.4 Å². The summed E-state index contributed by atoms with van der Waals surface area (Å²) in [5, 5.41) is 0. The molecule has 1 aliphatic heterocycles. The summed E-state index contributed by atoms with van der Waals surface area (Å²) < 4.78 is 40.1. The summed E-state index contributed by atoms with van der Waals surface area (Å²) in [5.74, 6) is 1.44. The van der Waals surface area contributed by atoms with Gasteiger partial charge in [-0.3, -0.25) is 4.90 Å². The van der Waals surface area contributed by atoms with Crippen molar-refractivity contribution < 1.29 is 22.7 Å². The lowest BCUT2D eigenvalue weighted by Crippen LogP contribution is -2.52. The molecule has 29 heavy (non-hydrogen) atoms. The molecule has 1 saturated carbocycles. The van der Waals surface area contributed by atoms with E-state index in [0.29, 0.717) is 18.9 Å². The minimum Gasteiger partial charge on any atom is -0.450 e. The first-order chi connectivity index (χ1) is 13.6. The van der Waals surface area contributed by atoms with E-state index in [9.17, 15) is 13.2 Å². The van der Waals surface area contributed by atoms with E-state index in [1.54, 1.807) is 11.8 Å². The van der Waals surface area contributed by atoms with E-state index in [4.69, 9.17) is 9.47 Å². The van der Waals surface area contributed by atoms with E-state index in [1.165, 1.54) is 14.1 Å². The van der Waals surface area contributed by atoms with E-state index in [1.807, 2.05) is 6.92 Å².